The Morgan fingerprint density at radius 2 is 1.96 bits per heavy atom. The molecule has 1 aromatic carbocycles. The molecule has 0 aliphatic heterocycles. The van der Waals surface area contributed by atoms with E-state index < -0.39 is 12.0 Å². The molecule has 140 valence electrons. The standard InChI is InChI=1S/C20H22N4O3/c1-27-20(26)19(15-5-4-14-9-16(14)10-15)23-18(25)8-13-2-6-17(7-3-13)24-11-21-22-12-24/h2-3,5-7,11-12,14,16,19H,4,8-10H2,1H3,(H,23,25)/t14?,16?,19-/m1/s1. The van der Waals surface area contributed by atoms with Crippen molar-refractivity contribution >= 4 is 11.9 Å². The van der Waals surface area contributed by atoms with E-state index in [2.05, 4.69) is 21.6 Å². The normalized spacial score (nSPS) is 21.6. The van der Waals surface area contributed by atoms with Crippen LogP contribution in [0.3, 0.4) is 0 Å². The van der Waals surface area contributed by atoms with Crippen LogP contribution >= 0.6 is 0 Å². The molecular formula is C20H22N4O3. The third-order valence-corrected chi connectivity index (χ3v) is 5.38. The first-order valence-corrected chi connectivity index (χ1v) is 9.14. The highest BCUT2D eigenvalue weighted by Gasteiger charge is 2.41. The summed E-state index contributed by atoms with van der Waals surface area (Å²) in [7, 11) is 1.36. The molecule has 1 heterocycles. The highest BCUT2D eigenvalue weighted by atomic mass is 16.5. The minimum absolute atomic E-state index is 0.193. The number of methoxy groups -OCH3 is 1. The number of ether oxygens (including phenoxy) is 1. The van der Waals surface area contributed by atoms with E-state index >= 15 is 0 Å². The molecular weight excluding hydrogens is 344 g/mol. The fourth-order valence-electron chi connectivity index (χ4n) is 3.71. The second-order valence-corrected chi connectivity index (χ2v) is 7.21. The van der Waals surface area contributed by atoms with Crippen LogP contribution in [0, 0.1) is 11.8 Å². The lowest BCUT2D eigenvalue weighted by molar-refractivity contribution is -0.143. The summed E-state index contributed by atoms with van der Waals surface area (Å²) in [5.74, 6) is 0.837. The van der Waals surface area contributed by atoms with Gasteiger partial charge in [0.15, 0.2) is 0 Å². The summed E-state index contributed by atoms with van der Waals surface area (Å²) in [4.78, 5) is 24.7. The lowest BCUT2D eigenvalue weighted by atomic mass is 9.93. The van der Waals surface area contributed by atoms with Crippen LogP contribution in [0.5, 0.6) is 0 Å². The second kappa shape index (κ2) is 7.34. The van der Waals surface area contributed by atoms with E-state index in [4.69, 9.17) is 4.74 Å². The third kappa shape index (κ3) is 3.92. The Kier molecular flexibility index (Phi) is 4.75. The van der Waals surface area contributed by atoms with Gasteiger partial charge < -0.3 is 10.1 Å². The molecule has 4 rings (SSSR count). The Labute approximate surface area is 157 Å². The number of aromatic nitrogens is 3. The molecule has 1 N–H and O–H groups in total. The lowest BCUT2D eigenvalue weighted by Gasteiger charge is -2.22. The number of esters is 1. The van der Waals surface area contributed by atoms with E-state index in [0.717, 1.165) is 35.6 Å². The van der Waals surface area contributed by atoms with Crippen LogP contribution in [0.2, 0.25) is 0 Å². The summed E-state index contributed by atoms with van der Waals surface area (Å²) in [6.07, 6.45) is 8.63. The van der Waals surface area contributed by atoms with Crippen molar-refractivity contribution in [2.45, 2.75) is 31.7 Å². The van der Waals surface area contributed by atoms with Crippen molar-refractivity contribution in [3.8, 4) is 5.69 Å². The predicted molar refractivity (Wildman–Crippen MR) is 97.9 cm³/mol. The molecule has 0 bridgehead atoms. The van der Waals surface area contributed by atoms with Gasteiger partial charge in [0.2, 0.25) is 5.91 Å². The van der Waals surface area contributed by atoms with Gasteiger partial charge >= 0.3 is 5.97 Å². The molecule has 2 aliphatic carbocycles. The van der Waals surface area contributed by atoms with Gasteiger partial charge in [-0.1, -0.05) is 18.2 Å². The Morgan fingerprint density at radius 3 is 2.63 bits per heavy atom. The van der Waals surface area contributed by atoms with Crippen molar-refractivity contribution in [1.82, 2.24) is 20.1 Å². The summed E-state index contributed by atoms with van der Waals surface area (Å²) in [6.45, 7) is 0. The molecule has 0 radical (unpaired) electrons. The zero-order valence-electron chi connectivity index (χ0n) is 15.2. The maximum absolute atomic E-state index is 12.5. The molecule has 2 unspecified atom stereocenters. The van der Waals surface area contributed by atoms with Crippen molar-refractivity contribution in [3.63, 3.8) is 0 Å². The third-order valence-electron chi connectivity index (χ3n) is 5.38. The Balaban J connectivity index is 1.40. The number of nitrogens with one attached hydrogen (secondary N) is 1. The number of amides is 1. The highest BCUT2D eigenvalue weighted by Crippen LogP contribution is 2.49. The molecule has 2 aliphatic rings. The maximum Gasteiger partial charge on any atom is 0.332 e. The average molecular weight is 366 g/mol. The van der Waals surface area contributed by atoms with E-state index in [9.17, 15) is 9.59 Å². The van der Waals surface area contributed by atoms with Crippen LogP contribution in [0.15, 0.2) is 48.6 Å². The van der Waals surface area contributed by atoms with E-state index in [0.29, 0.717) is 5.92 Å². The molecule has 7 nitrogen and oxygen atoms in total. The van der Waals surface area contributed by atoms with Crippen molar-refractivity contribution in [3.05, 3.63) is 54.1 Å². The Hall–Kier alpha value is -2.96. The Morgan fingerprint density at radius 1 is 1.22 bits per heavy atom. The Bertz CT molecular complexity index is 858. The van der Waals surface area contributed by atoms with Crippen LogP contribution < -0.4 is 5.32 Å². The molecule has 1 amide bonds. The molecule has 0 saturated heterocycles. The SMILES string of the molecule is COC(=O)[C@H](NC(=O)Cc1ccc(-n2cnnc2)cc1)C1=CCC2CC2C1. The molecule has 0 spiro atoms. The average Bonchev–Trinajstić information content (AvgIpc) is 3.26. The predicted octanol–water partition coefficient (Wildman–Crippen LogP) is 1.82. The second-order valence-electron chi connectivity index (χ2n) is 7.21. The minimum atomic E-state index is -0.680. The van der Waals surface area contributed by atoms with E-state index in [1.165, 1.54) is 13.5 Å². The van der Waals surface area contributed by atoms with Gasteiger partial charge in [-0.05, 0) is 54.4 Å². The quantitative estimate of drug-likeness (QED) is 0.623. The highest BCUT2D eigenvalue weighted by molar-refractivity contribution is 5.88. The van der Waals surface area contributed by atoms with Gasteiger partial charge in [-0.15, -0.1) is 10.2 Å². The van der Waals surface area contributed by atoms with Crippen LogP contribution in [0.1, 0.15) is 24.8 Å². The van der Waals surface area contributed by atoms with Crippen molar-refractivity contribution < 1.29 is 14.3 Å². The molecule has 2 aromatic rings. The van der Waals surface area contributed by atoms with Crippen LogP contribution in [-0.2, 0) is 20.7 Å². The number of allylic oxidation sites excluding steroid dienone is 1. The largest absolute Gasteiger partial charge is 0.467 e. The first-order valence-electron chi connectivity index (χ1n) is 9.14. The number of benzene rings is 1. The number of carbonyl (C=O) groups excluding carboxylic acids is 2. The van der Waals surface area contributed by atoms with Crippen LogP contribution in [-0.4, -0.2) is 39.8 Å². The molecule has 27 heavy (non-hydrogen) atoms. The summed E-state index contributed by atoms with van der Waals surface area (Å²) >= 11 is 0. The zero-order valence-corrected chi connectivity index (χ0v) is 15.2. The summed E-state index contributed by atoms with van der Waals surface area (Å²) in [5.41, 5.74) is 2.77. The number of hydrogen-bond acceptors (Lipinski definition) is 5. The fraction of sp³-hybridized carbons (Fsp3) is 0.400. The zero-order chi connectivity index (χ0) is 18.8. The van der Waals surface area contributed by atoms with Crippen molar-refractivity contribution in [1.29, 1.82) is 0 Å². The van der Waals surface area contributed by atoms with Gasteiger partial charge in [-0.2, -0.15) is 0 Å². The summed E-state index contributed by atoms with van der Waals surface area (Å²) in [5, 5.41) is 10.4. The topological polar surface area (TPSA) is 86.1 Å². The van der Waals surface area contributed by atoms with Gasteiger partial charge in [0.05, 0.1) is 13.5 Å². The number of nitrogens with zero attached hydrogens (tertiary/aromatic N) is 3. The van der Waals surface area contributed by atoms with E-state index in [1.807, 2.05) is 24.3 Å². The van der Waals surface area contributed by atoms with Gasteiger partial charge in [-0.3, -0.25) is 9.36 Å². The fourth-order valence-corrected chi connectivity index (χ4v) is 3.71. The first-order chi connectivity index (χ1) is 13.1. The molecule has 1 fully saturated rings. The number of carbonyl (C=O) groups is 2. The van der Waals surface area contributed by atoms with Crippen molar-refractivity contribution in [2.24, 2.45) is 11.8 Å². The molecule has 7 heteroatoms. The van der Waals surface area contributed by atoms with E-state index in [-0.39, 0.29) is 12.3 Å². The van der Waals surface area contributed by atoms with Crippen LogP contribution in [0.25, 0.3) is 5.69 Å². The van der Waals surface area contributed by atoms with Gasteiger partial charge in [0.1, 0.15) is 18.7 Å². The van der Waals surface area contributed by atoms with Crippen molar-refractivity contribution in [2.75, 3.05) is 7.11 Å². The van der Waals surface area contributed by atoms with Gasteiger partial charge in [0.25, 0.3) is 0 Å². The molecule has 1 saturated carbocycles. The summed E-state index contributed by atoms with van der Waals surface area (Å²) in [6, 6.07) is 6.90. The summed E-state index contributed by atoms with van der Waals surface area (Å²) < 4.78 is 6.70. The number of fused-ring (bicyclic) bond motifs is 1. The lowest BCUT2D eigenvalue weighted by Crippen LogP contribution is -2.44. The number of rotatable bonds is 6. The first kappa shape index (κ1) is 17.5. The smallest absolute Gasteiger partial charge is 0.332 e. The van der Waals surface area contributed by atoms with Gasteiger partial charge in [0, 0.05) is 5.69 Å². The van der Waals surface area contributed by atoms with Crippen LogP contribution in [0.4, 0.5) is 0 Å². The number of hydrogen-bond donors (Lipinski definition) is 1. The monoisotopic (exact) mass is 366 g/mol. The molecule has 3 atom stereocenters. The van der Waals surface area contributed by atoms with E-state index in [1.54, 1.807) is 17.2 Å². The van der Waals surface area contributed by atoms with Gasteiger partial charge in [-0.25, -0.2) is 4.79 Å². The maximum atomic E-state index is 12.5. The minimum Gasteiger partial charge on any atom is -0.467 e. The molecule has 1 aromatic heterocycles.